The van der Waals surface area contributed by atoms with Crippen LogP contribution in [0, 0.1) is 6.92 Å². The number of allylic oxidation sites excluding steroid dienone is 1. The molecule has 2 aromatic heterocycles. The third-order valence-corrected chi connectivity index (χ3v) is 3.08. The molecule has 0 saturated heterocycles. The topological polar surface area (TPSA) is 56.1 Å². The molecule has 0 atom stereocenters. The Kier molecular flexibility index (Phi) is 5.16. The van der Waals surface area contributed by atoms with Gasteiger partial charge in [0.05, 0.1) is 18.5 Å². The lowest BCUT2D eigenvalue weighted by molar-refractivity contribution is 0.103. The van der Waals surface area contributed by atoms with Crippen molar-refractivity contribution < 1.29 is 14.3 Å². The monoisotopic (exact) mass is 303 g/mol. The van der Waals surface area contributed by atoms with Crippen LogP contribution in [-0.2, 0) is 4.74 Å². The fourth-order valence-corrected chi connectivity index (χ4v) is 2.06. The standard InChI is InChI=1S/C16H21N3O3/c1-12-16(14(20)7-8-18(2)3)19-11-13(22-10-9-21-4)5-6-15(19)17-12/h5-8,11H,9-10H2,1-4H3. The summed E-state index contributed by atoms with van der Waals surface area (Å²) >= 11 is 0. The molecule has 6 nitrogen and oxygen atoms in total. The van der Waals surface area contributed by atoms with Crippen LogP contribution >= 0.6 is 0 Å². The van der Waals surface area contributed by atoms with Gasteiger partial charge in [0.25, 0.3) is 0 Å². The zero-order valence-electron chi connectivity index (χ0n) is 13.4. The van der Waals surface area contributed by atoms with Crippen LogP contribution in [0.1, 0.15) is 16.2 Å². The van der Waals surface area contributed by atoms with Gasteiger partial charge in [-0.2, -0.15) is 0 Å². The summed E-state index contributed by atoms with van der Waals surface area (Å²) in [5.74, 6) is 0.584. The molecule has 2 aromatic rings. The highest BCUT2D eigenvalue weighted by molar-refractivity contribution is 6.04. The Balaban J connectivity index is 2.34. The van der Waals surface area contributed by atoms with Crippen molar-refractivity contribution in [2.24, 2.45) is 0 Å². The van der Waals surface area contributed by atoms with E-state index in [1.165, 1.54) is 6.08 Å². The summed E-state index contributed by atoms with van der Waals surface area (Å²) in [6, 6.07) is 3.67. The SMILES string of the molecule is COCCOc1ccc2nc(C)c(C(=O)C=CN(C)C)n2c1. The van der Waals surface area contributed by atoms with Gasteiger partial charge in [0, 0.05) is 33.5 Å². The van der Waals surface area contributed by atoms with Crippen LogP contribution in [0.3, 0.4) is 0 Å². The second kappa shape index (κ2) is 7.09. The highest BCUT2D eigenvalue weighted by atomic mass is 16.5. The molecule has 0 radical (unpaired) electrons. The van der Waals surface area contributed by atoms with Gasteiger partial charge in [0.1, 0.15) is 23.7 Å². The quantitative estimate of drug-likeness (QED) is 0.444. The van der Waals surface area contributed by atoms with Gasteiger partial charge >= 0.3 is 0 Å². The number of aromatic nitrogens is 2. The molecule has 2 rings (SSSR count). The van der Waals surface area contributed by atoms with Crippen molar-refractivity contribution in [2.75, 3.05) is 34.4 Å². The molecule has 6 heteroatoms. The number of imidazole rings is 1. The van der Waals surface area contributed by atoms with E-state index < -0.39 is 0 Å². The molecule has 22 heavy (non-hydrogen) atoms. The number of ether oxygens (including phenoxy) is 2. The van der Waals surface area contributed by atoms with Gasteiger partial charge < -0.3 is 14.4 Å². The van der Waals surface area contributed by atoms with Crippen LogP contribution in [0.4, 0.5) is 0 Å². The fraction of sp³-hybridized carbons (Fsp3) is 0.375. The van der Waals surface area contributed by atoms with E-state index in [-0.39, 0.29) is 5.78 Å². The summed E-state index contributed by atoms with van der Waals surface area (Å²) in [4.78, 5) is 18.6. The lowest BCUT2D eigenvalue weighted by atomic mass is 10.2. The van der Waals surface area contributed by atoms with Crippen molar-refractivity contribution in [1.29, 1.82) is 0 Å². The molecule has 0 unspecified atom stereocenters. The molecular weight excluding hydrogens is 282 g/mol. The molecule has 0 amide bonds. The number of methoxy groups -OCH3 is 1. The number of rotatable bonds is 7. The average molecular weight is 303 g/mol. The number of hydrogen-bond acceptors (Lipinski definition) is 5. The van der Waals surface area contributed by atoms with Crippen LogP contribution in [-0.4, -0.2) is 54.5 Å². The maximum absolute atomic E-state index is 12.4. The number of hydrogen-bond donors (Lipinski definition) is 0. The molecule has 118 valence electrons. The van der Waals surface area contributed by atoms with Crippen LogP contribution in [0.5, 0.6) is 5.75 Å². The fourth-order valence-electron chi connectivity index (χ4n) is 2.06. The molecule has 2 heterocycles. The molecule has 0 aliphatic rings. The first-order valence-corrected chi connectivity index (χ1v) is 7.02. The maximum atomic E-state index is 12.4. The molecule has 0 aromatic carbocycles. The number of carbonyl (C=O) groups is 1. The molecule has 0 saturated carbocycles. The summed E-state index contributed by atoms with van der Waals surface area (Å²) in [5.41, 5.74) is 1.96. The van der Waals surface area contributed by atoms with Crippen LogP contribution in [0.2, 0.25) is 0 Å². The molecule has 0 aliphatic heterocycles. The summed E-state index contributed by atoms with van der Waals surface area (Å²) in [5, 5.41) is 0. The zero-order valence-corrected chi connectivity index (χ0v) is 13.4. The molecule has 0 N–H and O–H groups in total. The Bertz CT molecular complexity index is 689. The number of carbonyl (C=O) groups excluding carboxylic acids is 1. The average Bonchev–Trinajstić information content (AvgIpc) is 2.80. The minimum Gasteiger partial charge on any atom is -0.490 e. The minimum absolute atomic E-state index is 0.0901. The Morgan fingerprint density at radius 1 is 1.36 bits per heavy atom. The summed E-state index contributed by atoms with van der Waals surface area (Å²) in [6.45, 7) is 2.80. The van der Waals surface area contributed by atoms with Crippen molar-refractivity contribution in [3.63, 3.8) is 0 Å². The first-order valence-electron chi connectivity index (χ1n) is 7.02. The molecule has 0 aliphatic carbocycles. The van der Waals surface area contributed by atoms with Crippen molar-refractivity contribution in [1.82, 2.24) is 14.3 Å². The van der Waals surface area contributed by atoms with E-state index in [0.717, 1.165) is 5.65 Å². The van der Waals surface area contributed by atoms with Crippen LogP contribution in [0.15, 0.2) is 30.6 Å². The van der Waals surface area contributed by atoms with Gasteiger partial charge in [-0.1, -0.05) is 0 Å². The highest BCUT2D eigenvalue weighted by Crippen LogP contribution is 2.18. The predicted molar refractivity (Wildman–Crippen MR) is 84.5 cm³/mol. The molecule has 0 fully saturated rings. The van der Waals surface area contributed by atoms with Gasteiger partial charge in [0.2, 0.25) is 5.78 Å². The zero-order chi connectivity index (χ0) is 16.1. The Hall–Kier alpha value is -2.34. The van der Waals surface area contributed by atoms with E-state index in [1.807, 2.05) is 38.1 Å². The van der Waals surface area contributed by atoms with E-state index in [9.17, 15) is 4.79 Å². The lowest BCUT2D eigenvalue weighted by Crippen LogP contribution is -2.07. The van der Waals surface area contributed by atoms with Crippen molar-refractivity contribution in [2.45, 2.75) is 6.92 Å². The van der Waals surface area contributed by atoms with Gasteiger partial charge in [-0.05, 0) is 19.1 Å². The highest BCUT2D eigenvalue weighted by Gasteiger charge is 2.15. The summed E-state index contributed by atoms with van der Waals surface area (Å²) in [7, 11) is 5.36. The Morgan fingerprint density at radius 3 is 2.82 bits per heavy atom. The number of fused-ring (bicyclic) bond motifs is 1. The van der Waals surface area contributed by atoms with Crippen LogP contribution < -0.4 is 4.74 Å². The van der Waals surface area contributed by atoms with Crippen molar-refractivity contribution in [3.8, 4) is 5.75 Å². The van der Waals surface area contributed by atoms with Crippen molar-refractivity contribution in [3.05, 3.63) is 42.0 Å². The van der Waals surface area contributed by atoms with Gasteiger partial charge in [-0.3, -0.25) is 9.20 Å². The molecule has 0 bridgehead atoms. The first kappa shape index (κ1) is 16.0. The Labute approximate surface area is 130 Å². The first-order chi connectivity index (χ1) is 10.5. The number of ketones is 1. The predicted octanol–water partition coefficient (Wildman–Crippen LogP) is 1.93. The third-order valence-electron chi connectivity index (χ3n) is 3.08. The van der Waals surface area contributed by atoms with E-state index >= 15 is 0 Å². The number of aryl methyl sites for hydroxylation is 1. The smallest absolute Gasteiger partial charge is 0.205 e. The second-order valence-electron chi connectivity index (χ2n) is 5.12. The van der Waals surface area contributed by atoms with Gasteiger partial charge in [-0.25, -0.2) is 4.98 Å². The lowest BCUT2D eigenvalue weighted by Gasteiger charge is -2.07. The third kappa shape index (κ3) is 3.65. The van der Waals surface area contributed by atoms with Crippen molar-refractivity contribution >= 4 is 11.4 Å². The van der Waals surface area contributed by atoms with E-state index in [1.54, 1.807) is 23.9 Å². The normalized spacial score (nSPS) is 11.3. The Morgan fingerprint density at radius 2 is 2.14 bits per heavy atom. The summed E-state index contributed by atoms with van der Waals surface area (Å²) < 4.78 is 12.3. The summed E-state index contributed by atoms with van der Waals surface area (Å²) in [6.07, 6.45) is 5.04. The van der Waals surface area contributed by atoms with Gasteiger partial charge in [0.15, 0.2) is 0 Å². The second-order valence-corrected chi connectivity index (χ2v) is 5.12. The van der Waals surface area contributed by atoms with Crippen LogP contribution in [0.25, 0.3) is 5.65 Å². The van der Waals surface area contributed by atoms with Gasteiger partial charge in [-0.15, -0.1) is 0 Å². The van der Waals surface area contributed by atoms with E-state index in [2.05, 4.69) is 4.98 Å². The maximum Gasteiger partial charge on any atom is 0.205 e. The van der Waals surface area contributed by atoms with E-state index in [0.29, 0.717) is 30.4 Å². The number of nitrogens with zero attached hydrogens (tertiary/aromatic N) is 3. The molecule has 0 spiro atoms. The molecular formula is C16H21N3O3. The largest absolute Gasteiger partial charge is 0.490 e. The van der Waals surface area contributed by atoms with E-state index in [4.69, 9.17) is 9.47 Å². The number of pyridine rings is 1. The minimum atomic E-state index is -0.0901.